The number of carbonyl (C=O) groups is 1. The molecule has 92 valence electrons. The molecule has 0 spiro atoms. The van der Waals surface area contributed by atoms with E-state index < -0.39 is 0 Å². The molecule has 1 fully saturated rings. The van der Waals surface area contributed by atoms with Crippen LogP contribution in [-0.2, 0) is 0 Å². The number of hydrogen-bond acceptors (Lipinski definition) is 6. The van der Waals surface area contributed by atoms with Gasteiger partial charge in [0.25, 0.3) is 5.91 Å². The quantitative estimate of drug-likeness (QED) is 0.765. The highest BCUT2D eigenvalue weighted by molar-refractivity contribution is 5.92. The van der Waals surface area contributed by atoms with Crippen LogP contribution in [0, 0.1) is 0 Å². The van der Waals surface area contributed by atoms with Crippen molar-refractivity contribution in [3.05, 3.63) is 36.5 Å². The molecule has 0 aromatic carbocycles. The van der Waals surface area contributed by atoms with Gasteiger partial charge < -0.3 is 9.42 Å². The Hall–Kier alpha value is -2.31. The number of rotatable bonds is 2. The first-order chi connectivity index (χ1) is 8.84. The van der Waals surface area contributed by atoms with Crippen molar-refractivity contribution in [2.45, 2.75) is 12.3 Å². The van der Waals surface area contributed by atoms with Gasteiger partial charge in [-0.2, -0.15) is 4.98 Å². The monoisotopic (exact) mass is 245 g/mol. The van der Waals surface area contributed by atoms with Gasteiger partial charge in [-0.15, -0.1) is 0 Å². The standard InChI is InChI=1S/C11H11N5O2/c17-11(9-5-12-2-3-13-9)16-4-1-8(6-16)10-14-7-18-15-10/h2-3,5,7-8H,1,4,6H2/t8-/m0/s1. The molecule has 3 heterocycles. The normalized spacial score (nSPS) is 19.1. The Morgan fingerprint density at radius 1 is 1.39 bits per heavy atom. The number of likely N-dealkylation sites (tertiary alicyclic amines) is 1. The van der Waals surface area contributed by atoms with Gasteiger partial charge in [0.15, 0.2) is 5.82 Å². The van der Waals surface area contributed by atoms with Crippen molar-refractivity contribution < 1.29 is 9.32 Å². The highest BCUT2D eigenvalue weighted by Gasteiger charge is 2.30. The van der Waals surface area contributed by atoms with Crippen molar-refractivity contribution in [2.75, 3.05) is 13.1 Å². The lowest BCUT2D eigenvalue weighted by molar-refractivity contribution is 0.0784. The maximum Gasteiger partial charge on any atom is 0.274 e. The Bertz CT molecular complexity index is 528. The number of amides is 1. The fraction of sp³-hybridized carbons (Fsp3) is 0.364. The van der Waals surface area contributed by atoms with E-state index in [0.717, 1.165) is 6.42 Å². The molecule has 1 saturated heterocycles. The van der Waals surface area contributed by atoms with Crippen molar-refractivity contribution in [3.63, 3.8) is 0 Å². The van der Waals surface area contributed by atoms with Crippen molar-refractivity contribution in [3.8, 4) is 0 Å². The second-order valence-corrected chi connectivity index (χ2v) is 4.12. The number of carbonyl (C=O) groups excluding carboxylic acids is 1. The molecule has 0 N–H and O–H groups in total. The summed E-state index contributed by atoms with van der Waals surface area (Å²) in [6, 6.07) is 0. The second-order valence-electron chi connectivity index (χ2n) is 4.12. The summed E-state index contributed by atoms with van der Waals surface area (Å²) < 4.78 is 4.72. The third kappa shape index (κ3) is 1.94. The van der Waals surface area contributed by atoms with Gasteiger partial charge in [-0.05, 0) is 6.42 Å². The number of hydrogen-bond donors (Lipinski definition) is 0. The molecular formula is C11H11N5O2. The van der Waals surface area contributed by atoms with Crippen LogP contribution in [0.15, 0.2) is 29.5 Å². The van der Waals surface area contributed by atoms with E-state index in [9.17, 15) is 4.79 Å². The third-order valence-electron chi connectivity index (χ3n) is 3.00. The second kappa shape index (κ2) is 4.52. The predicted molar refractivity (Wildman–Crippen MR) is 59.6 cm³/mol. The van der Waals surface area contributed by atoms with Gasteiger partial charge in [0.1, 0.15) is 5.69 Å². The topological polar surface area (TPSA) is 85.0 Å². The molecule has 0 unspecified atom stereocenters. The third-order valence-corrected chi connectivity index (χ3v) is 3.00. The van der Waals surface area contributed by atoms with Crippen LogP contribution >= 0.6 is 0 Å². The van der Waals surface area contributed by atoms with Crippen LogP contribution in [0.5, 0.6) is 0 Å². The average molecular weight is 245 g/mol. The SMILES string of the molecule is O=C(c1cnccn1)N1CC[C@H](c2ncon2)C1. The van der Waals surface area contributed by atoms with E-state index in [2.05, 4.69) is 20.1 Å². The molecule has 0 saturated carbocycles. The fourth-order valence-electron chi connectivity index (χ4n) is 2.09. The van der Waals surface area contributed by atoms with Crippen molar-refractivity contribution in [1.82, 2.24) is 25.0 Å². The van der Waals surface area contributed by atoms with Gasteiger partial charge in [-0.25, -0.2) is 4.98 Å². The molecule has 18 heavy (non-hydrogen) atoms. The first-order valence-corrected chi connectivity index (χ1v) is 5.66. The van der Waals surface area contributed by atoms with Crippen LogP contribution < -0.4 is 0 Å². The zero-order chi connectivity index (χ0) is 12.4. The first-order valence-electron chi connectivity index (χ1n) is 5.66. The smallest absolute Gasteiger partial charge is 0.274 e. The summed E-state index contributed by atoms with van der Waals surface area (Å²) in [6.45, 7) is 1.27. The van der Waals surface area contributed by atoms with Crippen LogP contribution in [0.3, 0.4) is 0 Å². The largest absolute Gasteiger partial charge is 0.343 e. The van der Waals surface area contributed by atoms with Crippen LogP contribution in [0.25, 0.3) is 0 Å². The maximum atomic E-state index is 12.1. The Kier molecular flexibility index (Phi) is 2.71. The van der Waals surface area contributed by atoms with Gasteiger partial charge in [0.05, 0.1) is 6.20 Å². The summed E-state index contributed by atoms with van der Waals surface area (Å²) in [5.74, 6) is 0.697. The van der Waals surface area contributed by atoms with Crippen molar-refractivity contribution >= 4 is 5.91 Å². The Morgan fingerprint density at radius 3 is 3.06 bits per heavy atom. The Morgan fingerprint density at radius 2 is 2.33 bits per heavy atom. The zero-order valence-electron chi connectivity index (χ0n) is 9.56. The van der Waals surface area contributed by atoms with Gasteiger partial charge in [0.2, 0.25) is 6.39 Å². The fourth-order valence-corrected chi connectivity index (χ4v) is 2.09. The minimum atomic E-state index is -0.103. The van der Waals surface area contributed by atoms with E-state index in [1.54, 1.807) is 11.1 Å². The predicted octanol–water partition coefficient (Wildman–Crippen LogP) is 0.489. The van der Waals surface area contributed by atoms with Crippen molar-refractivity contribution in [2.24, 2.45) is 0 Å². The Balaban J connectivity index is 1.71. The molecule has 1 atom stereocenters. The van der Waals surface area contributed by atoms with Gasteiger partial charge in [-0.1, -0.05) is 5.16 Å². The van der Waals surface area contributed by atoms with Crippen LogP contribution in [-0.4, -0.2) is 44.0 Å². The van der Waals surface area contributed by atoms with E-state index in [1.165, 1.54) is 18.8 Å². The minimum Gasteiger partial charge on any atom is -0.343 e. The van der Waals surface area contributed by atoms with E-state index in [1.807, 2.05) is 0 Å². The summed E-state index contributed by atoms with van der Waals surface area (Å²) >= 11 is 0. The Labute approximate surface area is 103 Å². The molecule has 1 aliphatic rings. The van der Waals surface area contributed by atoms with Crippen LogP contribution in [0.4, 0.5) is 0 Å². The van der Waals surface area contributed by atoms with Gasteiger partial charge >= 0.3 is 0 Å². The lowest BCUT2D eigenvalue weighted by atomic mass is 10.1. The molecule has 7 nitrogen and oxygen atoms in total. The molecule has 3 rings (SSSR count). The van der Waals surface area contributed by atoms with Gasteiger partial charge in [0, 0.05) is 31.4 Å². The van der Waals surface area contributed by atoms with E-state index in [0.29, 0.717) is 24.6 Å². The molecule has 2 aromatic rings. The number of aromatic nitrogens is 4. The van der Waals surface area contributed by atoms with Crippen LogP contribution in [0.1, 0.15) is 28.7 Å². The zero-order valence-corrected chi connectivity index (χ0v) is 9.56. The molecule has 1 aliphatic heterocycles. The average Bonchev–Trinajstić information content (AvgIpc) is 3.09. The van der Waals surface area contributed by atoms with Crippen molar-refractivity contribution in [1.29, 1.82) is 0 Å². The summed E-state index contributed by atoms with van der Waals surface area (Å²) in [4.78, 5) is 25.8. The molecule has 0 bridgehead atoms. The van der Waals surface area contributed by atoms with E-state index in [-0.39, 0.29) is 11.8 Å². The lowest BCUT2D eigenvalue weighted by Gasteiger charge is -2.14. The maximum absolute atomic E-state index is 12.1. The molecule has 2 aromatic heterocycles. The summed E-state index contributed by atoms with van der Waals surface area (Å²) in [5.41, 5.74) is 0.367. The van der Waals surface area contributed by atoms with Crippen LogP contribution in [0.2, 0.25) is 0 Å². The number of nitrogens with zero attached hydrogens (tertiary/aromatic N) is 5. The molecule has 0 radical (unpaired) electrons. The first kappa shape index (κ1) is 10.8. The minimum absolute atomic E-state index is 0.103. The summed E-state index contributed by atoms with van der Waals surface area (Å²) in [7, 11) is 0. The molecule has 7 heteroatoms. The highest BCUT2D eigenvalue weighted by Crippen LogP contribution is 2.25. The highest BCUT2D eigenvalue weighted by atomic mass is 16.5. The lowest BCUT2D eigenvalue weighted by Crippen LogP contribution is -2.29. The summed E-state index contributed by atoms with van der Waals surface area (Å²) in [6.07, 6.45) is 6.68. The van der Waals surface area contributed by atoms with E-state index in [4.69, 9.17) is 4.52 Å². The molecule has 1 amide bonds. The molecular weight excluding hydrogens is 234 g/mol. The summed E-state index contributed by atoms with van der Waals surface area (Å²) in [5, 5.41) is 3.81. The van der Waals surface area contributed by atoms with E-state index >= 15 is 0 Å². The molecule has 0 aliphatic carbocycles. The van der Waals surface area contributed by atoms with Gasteiger partial charge in [-0.3, -0.25) is 9.78 Å².